The summed E-state index contributed by atoms with van der Waals surface area (Å²) in [6, 6.07) is 0. The molecule has 78 valence electrons. The largest absolute Gasteiger partial charge is 0.253 e. The van der Waals surface area contributed by atoms with Crippen molar-refractivity contribution in [2.75, 3.05) is 5.75 Å². The van der Waals surface area contributed by atoms with E-state index in [9.17, 15) is 0 Å². The SMILES string of the molecule is CC(C)(C)n1nc2c(c1Br)CCSC2. The van der Waals surface area contributed by atoms with Crippen molar-refractivity contribution in [1.82, 2.24) is 9.78 Å². The Morgan fingerprint density at radius 3 is 2.71 bits per heavy atom. The predicted molar refractivity (Wildman–Crippen MR) is 64.8 cm³/mol. The molecule has 2 heterocycles. The third kappa shape index (κ3) is 1.74. The van der Waals surface area contributed by atoms with Crippen molar-refractivity contribution in [2.24, 2.45) is 0 Å². The number of fused-ring (bicyclic) bond motifs is 1. The van der Waals surface area contributed by atoms with E-state index < -0.39 is 0 Å². The minimum Gasteiger partial charge on any atom is -0.253 e. The van der Waals surface area contributed by atoms with Gasteiger partial charge in [-0.05, 0) is 48.9 Å². The number of thioether (sulfide) groups is 1. The Bertz CT molecular complexity index is 352. The Kier molecular flexibility index (Phi) is 2.68. The molecule has 2 rings (SSSR count). The summed E-state index contributed by atoms with van der Waals surface area (Å²) in [6.07, 6.45) is 1.15. The maximum Gasteiger partial charge on any atom is 0.108 e. The third-order valence-electron chi connectivity index (χ3n) is 2.37. The second kappa shape index (κ2) is 3.56. The maximum absolute atomic E-state index is 4.67. The molecule has 1 aromatic heterocycles. The summed E-state index contributed by atoms with van der Waals surface area (Å²) in [5.41, 5.74) is 2.75. The topological polar surface area (TPSA) is 17.8 Å². The molecule has 0 saturated carbocycles. The van der Waals surface area contributed by atoms with Gasteiger partial charge in [-0.3, -0.25) is 4.68 Å². The smallest absolute Gasteiger partial charge is 0.108 e. The fraction of sp³-hybridized carbons (Fsp3) is 0.700. The van der Waals surface area contributed by atoms with Crippen LogP contribution in [0.15, 0.2) is 4.60 Å². The summed E-state index contributed by atoms with van der Waals surface area (Å²) < 4.78 is 3.28. The van der Waals surface area contributed by atoms with Gasteiger partial charge in [-0.2, -0.15) is 16.9 Å². The Morgan fingerprint density at radius 2 is 2.14 bits per heavy atom. The van der Waals surface area contributed by atoms with Crippen molar-refractivity contribution in [2.45, 2.75) is 38.5 Å². The number of rotatable bonds is 0. The molecule has 0 fully saturated rings. The van der Waals surface area contributed by atoms with Crippen molar-refractivity contribution in [1.29, 1.82) is 0 Å². The van der Waals surface area contributed by atoms with Crippen LogP contribution in [-0.2, 0) is 17.7 Å². The van der Waals surface area contributed by atoms with Crippen molar-refractivity contribution in [3.8, 4) is 0 Å². The first-order valence-electron chi connectivity index (χ1n) is 4.84. The van der Waals surface area contributed by atoms with Crippen LogP contribution in [0.5, 0.6) is 0 Å². The minimum atomic E-state index is 0.0703. The van der Waals surface area contributed by atoms with Crippen LogP contribution >= 0.6 is 27.7 Å². The molecule has 0 amide bonds. The van der Waals surface area contributed by atoms with Gasteiger partial charge in [0.05, 0.1) is 11.2 Å². The van der Waals surface area contributed by atoms with E-state index in [0.717, 1.165) is 12.2 Å². The molecular weight excluding hydrogens is 260 g/mol. The van der Waals surface area contributed by atoms with Gasteiger partial charge in [0.2, 0.25) is 0 Å². The van der Waals surface area contributed by atoms with E-state index in [1.165, 1.54) is 21.6 Å². The summed E-state index contributed by atoms with van der Waals surface area (Å²) in [5, 5.41) is 4.67. The Hall–Kier alpha value is 0.0400. The molecule has 1 aliphatic rings. The van der Waals surface area contributed by atoms with Gasteiger partial charge in [0.25, 0.3) is 0 Å². The molecule has 0 unspecified atom stereocenters. The molecule has 1 aromatic rings. The molecule has 0 N–H and O–H groups in total. The van der Waals surface area contributed by atoms with E-state index in [4.69, 9.17) is 0 Å². The summed E-state index contributed by atoms with van der Waals surface area (Å²) in [6.45, 7) is 6.55. The van der Waals surface area contributed by atoms with Gasteiger partial charge in [-0.1, -0.05) is 0 Å². The summed E-state index contributed by atoms with van der Waals surface area (Å²) >= 11 is 5.64. The van der Waals surface area contributed by atoms with E-state index >= 15 is 0 Å². The average Bonchev–Trinajstić information content (AvgIpc) is 2.44. The van der Waals surface area contributed by atoms with Crippen molar-refractivity contribution < 1.29 is 0 Å². The van der Waals surface area contributed by atoms with Crippen LogP contribution in [0.3, 0.4) is 0 Å². The first-order valence-corrected chi connectivity index (χ1v) is 6.79. The molecular formula is C10H15BrN2S. The van der Waals surface area contributed by atoms with Gasteiger partial charge in [0, 0.05) is 11.3 Å². The van der Waals surface area contributed by atoms with Crippen molar-refractivity contribution in [3.63, 3.8) is 0 Å². The summed E-state index contributed by atoms with van der Waals surface area (Å²) in [7, 11) is 0. The van der Waals surface area contributed by atoms with Gasteiger partial charge >= 0.3 is 0 Å². The zero-order chi connectivity index (χ0) is 10.3. The van der Waals surface area contributed by atoms with Crippen LogP contribution in [0.1, 0.15) is 32.0 Å². The monoisotopic (exact) mass is 274 g/mol. The average molecular weight is 275 g/mol. The number of nitrogens with zero attached hydrogens (tertiary/aromatic N) is 2. The Labute approximate surface area is 97.6 Å². The van der Waals surface area contributed by atoms with E-state index in [2.05, 4.69) is 46.5 Å². The molecule has 2 nitrogen and oxygen atoms in total. The van der Waals surface area contributed by atoms with Crippen LogP contribution in [0.4, 0.5) is 0 Å². The van der Waals surface area contributed by atoms with Crippen LogP contribution in [-0.4, -0.2) is 15.5 Å². The lowest BCUT2D eigenvalue weighted by Crippen LogP contribution is -2.23. The summed E-state index contributed by atoms with van der Waals surface area (Å²) in [4.78, 5) is 0. The highest BCUT2D eigenvalue weighted by atomic mass is 79.9. The Morgan fingerprint density at radius 1 is 1.43 bits per heavy atom. The van der Waals surface area contributed by atoms with E-state index in [0.29, 0.717) is 0 Å². The molecule has 4 heteroatoms. The lowest BCUT2D eigenvalue weighted by atomic mass is 10.1. The van der Waals surface area contributed by atoms with Gasteiger partial charge in [0.1, 0.15) is 4.60 Å². The summed E-state index contributed by atoms with van der Waals surface area (Å²) in [5.74, 6) is 2.29. The van der Waals surface area contributed by atoms with Crippen LogP contribution in [0, 0.1) is 0 Å². The minimum absolute atomic E-state index is 0.0703. The van der Waals surface area contributed by atoms with Gasteiger partial charge in [-0.15, -0.1) is 0 Å². The van der Waals surface area contributed by atoms with Crippen molar-refractivity contribution in [3.05, 3.63) is 15.9 Å². The van der Waals surface area contributed by atoms with E-state index in [1.54, 1.807) is 0 Å². The lowest BCUT2D eigenvalue weighted by Gasteiger charge is -2.20. The highest BCUT2D eigenvalue weighted by Gasteiger charge is 2.24. The molecule has 0 bridgehead atoms. The van der Waals surface area contributed by atoms with E-state index in [-0.39, 0.29) is 5.54 Å². The molecule has 0 atom stereocenters. The number of hydrogen-bond donors (Lipinski definition) is 0. The number of aromatic nitrogens is 2. The van der Waals surface area contributed by atoms with Gasteiger partial charge in [-0.25, -0.2) is 0 Å². The molecule has 1 aliphatic heterocycles. The second-order valence-corrected chi connectivity index (χ2v) is 6.46. The fourth-order valence-electron chi connectivity index (χ4n) is 1.62. The number of hydrogen-bond acceptors (Lipinski definition) is 2. The lowest BCUT2D eigenvalue weighted by molar-refractivity contribution is 0.347. The maximum atomic E-state index is 4.67. The van der Waals surface area contributed by atoms with E-state index in [1.807, 2.05) is 11.8 Å². The highest BCUT2D eigenvalue weighted by Crippen LogP contribution is 2.32. The van der Waals surface area contributed by atoms with Gasteiger partial charge in [0.15, 0.2) is 0 Å². The highest BCUT2D eigenvalue weighted by molar-refractivity contribution is 9.10. The zero-order valence-corrected chi connectivity index (χ0v) is 11.2. The zero-order valence-electron chi connectivity index (χ0n) is 8.80. The first kappa shape index (κ1) is 10.6. The molecule has 0 spiro atoms. The normalized spacial score (nSPS) is 16.9. The second-order valence-electron chi connectivity index (χ2n) is 4.60. The first-order chi connectivity index (χ1) is 6.50. The molecule has 0 saturated heterocycles. The van der Waals surface area contributed by atoms with Gasteiger partial charge < -0.3 is 0 Å². The fourth-order valence-corrected chi connectivity index (χ4v) is 3.58. The molecule has 0 aromatic carbocycles. The molecule has 0 radical (unpaired) electrons. The van der Waals surface area contributed by atoms with Crippen molar-refractivity contribution >= 4 is 27.7 Å². The van der Waals surface area contributed by atoms with Crippen LogP contribution in [0.2, 0.25) is 0 Å². The third-order valence-corrected chi connectivity index (χ3v) is 4.16. The van der Waals surface area contributed by atoms with Crippen LogP contribution in [0.25, 0.3) is 0 Å². The number of halogens is 1. The predicted octanol–water partition coefficient (Wildman–Crippen LogP) is 3.19. The Balaban J connectivity index is 2.49. The molecule has 0 aliphatic carbocycles. The standard InChI is InChI=1S/C10H15BrN2S/c1-10(2,3)13-9(11)7-4-5-14-6-8(7)12-13/h4-6H2,1-3H3. The molecule has 14 heavy (non-hydrogen) atoms. The van der Waals surface area contributed by atoms with Crippen LogP contribution < -0.4 is 0 Å². The quantitative estimate of drug-likeness (QED) is 0.723.